The summed E-state index contributed by atoms with van der Waals surface area (Å²) in [5, 5.41) is 0. The van der Waals surface area contributed by atoms with Crippen LogP contribution in [0.3, 0.4) is 0 Å². The Morgan fingerprint density at radius 2 is 1.95 bits per heavy atom. The van der Waals surface area contributed by atoms with Gasteiger partial charge in [-0.1, -0.05) is 25.0 Å². The standard InChI is InChI=1S/C15H20F3NS/c16-15(17,18)13-7-3-6-12(8-13)14(19)10-20-9-11-4-1-2-5-11/h3,6-8,11,14H,1-2,4-5,9-10,19H2. The first kappa shape index (κ1) is 15.7. The fourth-order valence-corrected chi connectivity index (χ4v) is 3.83. The van der Waals surface area contributed by atoms with Crippen molar-refractivity contribution in [3.05, 3.63) is 35.4 Å². The van der Waals surface area contributed by atoms with Crippen LogP contribution < -0.4 is 5.73 Å². The van der Waals surface area contributed by atoms with E-state index in [0.29, 0.717) is 11.3 Å². The van der Waals surface area contributed by atoms with Crippen LogP contribution in [0.25, 0.3) is 0 Å². The number of rotatable bonds is 5. The van der Waals surface area contributed by atoms with Gasteiger partial charge in [0.1, 0.15) is 0 Å². The fraction of sp³-hybridized carbons (Fsp3) is 0.600. The second kappa shape index (κ2) is 6.85. The van der Waals surface area contributed by atoms with Crippen molar-refractivity contribution < 1.29 is 13.2 Å². The molecule has 1 aromatic carbocycles. The molecular formula is C15H20F3NS. The lowest BCUT2D eigenvalue weighted by Crippen LogP contribution is -2.15. The maximum atomic E-state index is 12.6. The minimum Gasteiger partial charge on any atom is -0.323 e. The highest BCUT2D eigenvalue weighted by Gasteiger charge is 2.30. The molecule has 2 rings (SSSR count). The van der Waals surface area contributed by atoms with Gasteiger partial charge in [0.05, 0.1) is 5.56 Å². The second-order valence-electron chi connectivity index (χ2n) is 5.42. The highest BCUT2D eigenvalue weighted by atomic mass is 32.2. The Morgan fingerprint density at radius 3 is 2.60 bits per heavy atom. The summed E-state index contributed by atoms with van der Waals surface area (Å²) in [5.41, 5.74) is 5.95. The molecule has 0 bridgehead atoms. The van der Waals surface area contributed by atoms with Crippen LogP contribution in [0, 0.1) is 5.92 Å². The van der Waals surface area contributed by atoms with Crippen molar-refractivity contribution in [2.75, 3.05) is 11.5 Å². The Hall–Kier alpha value is -0.680. The van der Waals surface area contributed by atoms with Crippen molar-refractivity contribution in [3.63, 3.8) is 0 Å². The summed E-state index contributed by atoms with van der Waals surface area (Å²) in [5.74, 6) is 2.53. The van der Waals surface area contributed by atoms with Crippen LogP contribution in [0.5, 0.6) is 0 Å². The molecule has 1 unspecified atom stereocenters. The highest BCUT2D eigenvalue weighted by molar-refractivity contribution is 7.99. The maximum absolute atomic E-state index is 12.6. The first-order chi connectivity index (χ1) is 9.47. The topological polar surface area (TPSA) is 26.0 Å². The molecule has 1 atom stereocenters. The van der Waals surface area contributed by atoms with Gasteiger partial charge in [-0.25, -0.2) is 0 Å². The molecular weight excluding hydrogens is 283 g/mol. The average Bonchev–Trinajstić information content (AvgIpc) is 2.91. The maximum Gasteiger partial charge on any atom is 0.416 e. The van der Waals surface area contributed by atoms with Crippen molar-refractivity contribution in [1.29, 1.82) is 0 Å². The number of alkyl halides is 3. The normalized spacial score (nSPS) is 18.4. The second-order valence-corrected chi connectivity index (χ2v) is 6.49. The van der Waals surface area contributed by atoms with E-state index in [2.05, 4.69) is 0 Å². The van der Waals surface area contributed by atoms with Crippen LogP contribution in [-0.2, 0) is 6.18 Å². The number of benzene rings is 1. The zero-order chi connectivity index (χ0) is 14.6. The molecule has 20 heavy (non-hydrogen) atoms. The zero-order valence-electron chi connectivity index (χ0n) is 11.3. The fourth-order valence-electron chi connectivity index (χ4n) is 2.58. The Kier molecular flexibility index (Phi) is 5.38. The minimum atomic E-state index is -4.30. The molecule has 1 nitrogen and oxygen atoms in total. The highest BCUT2D eigenvalue weighted by Crippen LogP contribution is 2.32. The van der Waals surface area contributed by atoms with Gasteiger partial charge >= 0.3 is 6.18 Å². The quantitative estimate of drug-likeness (QED) is 0.858. The van der Waals surface area contributed by atoms with Crippen molar-refractivity contribution >= 4 is 11.8 Å². The van der Waals surface area contributed by atoms with Crippen molar-refractivity contribution in [2.24, 2.45) is 11.7 Å². The van der Waals surface area contributed by atoms with Crippen LogP contribution in [-0.4, -0.2) is 11.5 Å². The summed E-state index contributed by atoms with van der Waals surface area (Å²) in [6.45, 7) is 0. The van der Waals surface area contributed by atoms with Gasteiger partial charge in [0.2, 0.25) is 0 Å². The molecule has 0 saturated heterocycles. The van der Waals surface area contributed by atoms with Gasteiger partial charge in [-0.2, -0.15) is 24.9 Å². The van der Waals surface area contributed by atoms with Gasteiger partial charge in [0.25, 0.3) is 0 Å². The number of hydrogen-bond donors (Lipinski definition) is 1. The first-order valence-corrected chi connectivity index (χ1v) is 8.13. The summed E-state index contributed by atoms with van der Waals surface area (Å²) >= 11 is 1.76. The largest absolute Gasteiger partial charge is 0.416 e. The predicted octanol–water partition coefficient (Wildman–Crippen LogP) is 4.63. The summed E-state index contributed by atoms with van der Waals surface area (Å²) in [6.07, 6.45) is 0.889. The number of hydrogen-bond acceptors (Lipinski definition) is 2. The third-order valence-corrected chi connectivity index (χ3v) is 5.07. The SMILES string of the molecule is NC(CSCC1CCCC1)c1cccc(C(F)(F)F)c1. The molecule has 1 aliphatic carbocycles. The molecule has 1 saturated carbocycles. The monoisotopic (exact) mass is 303 g/mol. The van der Waals surface area contributed by atoms with Gasteiger partial charge in [0.15, 0.2) is 0 Å². The Bertz CT molecular complexity index is 427. The molecule has 2 N–H and O–H groups in total. The Labute approximate surface area is 122 Å². The molecule has 0 spiro atoms. The summed E-state index contributed by atoms with van der Waals surface area (Å²) in [7, 11) is 0. The van der Waals surface area contributed by atoms with Crippen LogP contribution in [0.4, 0.5) is 13.2 Å². The number of nitrogens with two attached hydrogens (primary N) is 1. The Balaban J connectivity index is 1.86. The van der Waals surface area contributed by atoms with E-state index in [1.54, 1.807) is 17.8 Å². The van der Waals surface area contributed by atoms with E-state index in [1.807, 2.05) is 0 Å². The van der Waals surface area contributed by atoms with Crippen LogP contribution in [0.1, 0.15) is 42.9 Å². The van der Waals surface area contributed by atoms with E-state index < -0.39 is 11.7 Å². The van der Waals surface area contributed by atoms with E-state index >= 15 is 0 Å². The molecule has 1 fully saturated rings. The lowest BCUT2D eigenvalue weighted by molar-refractivity contribution is -0.137. The van der Waals surface area contributed by atoms with E-state index in [-0.39, 0.29) is 6.04 Å². The average molecular weight is 303 g/mol. The van der Waals surface area contributed by atoms with Gasteiger partial charge in [-0.3, -0.25) is 0 Å². The van der Waals surface area contributed by atoms with Crippen molar-refractivity contribution in [2.45, 2.75) is 37.9 Å². The molecule has 0 aromatic heterocycles. The van der Waals surface area contributed by atoms with Gasteiger partial charge in [-0.05, 0) is 42.2 Å². The minimum absolute atomic E-state index is 0.330. The van der Waals surface area contributed by atoms with Gasteiger partial charge < -0.3 is 5.73 Å². The lowest BCUT2D eigenvalue weighted by atomic mass is 10.1. The molecule has 0 aliphatic heterocycles. The molecule has 0 heterocycles. The number of thioether (sulfide) groups is 1. The molecule has 1 aliphatic rings. The third kappa shape index (κ3) is 4.42. The summed E-state index contributed by atoms with van der Waals surface area (Å²) in [6, 6.07) is 5.03. The van der Waals surface area contributed by atoms with Crippen LogP contribution in [0.2, 0.25) is 0 Å². The van der Waals surface area contributed by atoms with Crippen LogP contribution in [0.15, 0.2) is 24.3 Å². The van der Waals surface area contributed by atoms with Crippen molar-refractivity contribution in [3.8, 4) is 0 Å². The molecule has 1 aromatic rings. The lowest BCUT2D eigenvalue weighted by Gasteiger charge is -2.15. The van der Waals surface area contributed by atoms with E-state index in [0.717, 1.165) is 17.7 Å². The summed E-state index contributed by atoms with van der Waals surface area (Å²) < 4.78 is 37.9. The predicted molar refractivity (Wildman–Crippen MR) is 77.7 cm³/mol. The first-order valence-electron chi connectivity index (χ1n) is 6.97. The molecule has 0 radical (unpaired) electrons. The van der Waals surface area contributed by atoms with Crippen LogP contribution >= 0.6 is 11.8 Å². The molecule has 0 amide bonds. The van der Waals surface area contributed by atoms with E-state index in [4.69, 9.17) is 5.73 Å². The van der Waals surface area contributed by atoms with Gasteiger partial charge in [0, 0.05) is 11.8 Å². The third-order valence-electron chi connectivity index (χ3n) is 3.77. The van der Waals surface area contributed by atoms with E-state index in [9.17, 15) is 13.2 Å². The van der Waals surface area contributed by atoms with Gasteiger partial charge in [-0.15, -0.1) is 0 Å². The molecule has 5 heteroatoms. The zero-order valence-corrected chi connectivity index (χ0v) is 12.1. The Morgan fingerprint density at radius 1 is 1.25 bits per heavy atom. The van der Waals surface area contributed by atoms with Crippen molar-refractivity contribution in [1.82, 2.24) is 0 Å². The number of halogens is 3. The molecule has 112 valence electrons. The summed E-state index contributed by atoms with van der Waals surface area (Å²) in [4.78, 5) is 0. The van der Waals surface area contributed by atoms with E-state index in [1.165, 1.54) is 37.8 Å². The smallest absolute Gasteiger partial charge is 0.323 e.